The van der Waals surface area contributed by atoms with E-state index in [0.717, 1.165) is 19.3 Å². The molecule has 1 aromatic rings. The number of nitrogens with zero attached hydrogens (tertiary/aromatic N) is 1. The second-order valence-corrected chi connectivity index (χ2v) is 6.32. The van der Waals surface area contributed by atoms with Crippen LogP contribution in [0.2, 0.25) is 10.0 Å². The van der Waals surface area contributed by atoms with Gasteiger partial charge in [0.1, 0.15) is 5.84 Å². The number of nitrogens with one attached hydrogen (secondary N) is 1. The molecule has 0 fully saturated rings. The maximum absolute atomic E-state index is 13.3. The number of amidine groups is 1. The van der Waals surface area contributed by atoms with Crippen molar-refractivity contribution in [2.24, 2.45) is 16.3 Å². The highest BCUT2D eigenvalue weighted by Gasteiger charge is 2.22. The molecule has 0 amide bonds. The Kier molecular flexibility index (Phi) is 6.55. The van der Waals surface area contributed by atoms with Crippen molar-refractivity contribution in [3.05, 3.63) is 28.0 Å². The summed E-state index contributed by atoms with van der Waals surface area (Å²) in [5.74, 6) is -0.378. The highest BCUT2D eigenvalue weighted by Crippen LogP contribution is 2.27. The summed E-state index contributed by atoms with van der Waals surface area (Å²) in [5.41, 5.74) is 5.97. The Hall–Kier alpha value is -1.20. The van der Waals surface area contributed by atoms with E-state index in [1.54, 1.807) is 0 Å². The minimum Gasteiger partial charge on any atom is -0.409 e. The van der Waals surface area contributed by atoms with Crippen LogP contribution in [0, 0.1) is 11.2 Å². The van der Waals surface area contributed by atoms with Crippen LogP contribution in [0.3, 0.4) is 0 Å². The summed E-state index contributed by atoms with van der Waals surface area (Å²) in [7, 11) is 0. The van der Waals surface area contributed by atoms with Gasteiger partial charge in [0.15, 0.2) is 5.82 Å². The quantitative estimate of drug-likeness (QED) is 0.172. The van der Waals surface area contributed by atoms with Gasteiger partial charge in [-0.15, -0.1) is 0 Å². The van der Waals surface area contributed by atoms with E-state index in [9.17, 15) is 4.39 Å². The number of unbranched alkanes of at least 4 members (excludes halogenated alkanes) is 1. The molecule has 0 aromatic heterocycles. The molecule has 0 aliphatic carbocycles. The van der Waals surface area contributed by atoms with Crippen molar-refractivity contribution < 1.29 is 9.60 Å². The van der Waals surface area contributed by atoms with Crippen LogP contribution < -0.4 is 11.1 Å². The first-order chi connectivity index (χ1) is 9.77. The molecule has 0 saturated carbocycles. The maximum Gasteiger partial charge on any atom is 0.160 e. The Morgan fingerprint density at radius 2 is 1.90 bits per heavy atom. The van der Waals surface area contributed by atoms with Gasteiger partial charge in [-0.3, -0.25) is 0 Å². The zero-order valence-electron chi connectivity index (χ0n) is 12.1. The number of halogens is 3. The Labute approximate surface area is 134 Å². The molecule has 0 spiro atoms. The van der Waals surface area contributed by atoms with Gasteiger partial charge < -0.3 is 16.3 Å². The highest BCUT2D eigenvalue weighted by molar-refractivity contribution is 6.35. The second-order valence-electron chi connectivity index (χ2n) is 5.51. The lowest BCUT2D eigenvalue weighted by Gasteiger charge is -2.22. The monoisotopic (exact) mass is 335 g/mol. The van der Waals surface area contributed by atoms with Crippen molar-refractivity contribution in [3.8, 4) is 0 Å². The maximum atomic E-state index is 13.3. The van der Waals surface area contributed by atoms with E-state index in [-0.39, 0.29) is 21.3 Å². The molecular weight excluding hydrogens is 316 g/mol. The lowest BCUT2D eigenvalue weighted by Crippen LogP contribution is -2.31. The Morgan fingerprint density at radius 3 is 2.43 bits per heavy atom. The number of oxime groups is 1. The summed E-state index contributed by atoms with van der Waals surface area (Å²) >= 11 is 11.4. The Bertz CT molecular complexity index is 498. The van der Waals surface area contributed by atoms with Crippen LogP contribution in [0.25, 0.3) is 0 Å². The number of anilines is 1. The third-order valence-electron chi connectivity index (χ3n) is 3.34. The van der Waals surface area contributed by atoms with Crippen LogP contribution in [0.4, 0.5) is 10.1 Å². The molecule has 4 nitrogen and oxygen atoms in total. The van der Waals surface area contributed by atoms with Crippen LogP contribution in [0.1, 0.15) is 33.1 Å². The van der Waals surface area contributed by atoms with Crippen LogP contribution in [0.5, 0.6) is 0 Å². The van der Waals surface area contributed by atoms with Gasteiger partial charge >= 0.3 is 0 Å². The van der Waals surface area contributed by atoms with Crippen molar-refractivity contribution in [3.63, 3.8) is 0 Å². The van der Waals surface area contributed by atoms with E-state index >= 15 is 0 Å². The lowest BCUT2D eigenvalue weighted by atomic mass is 9.86. The smallest absolute Gasteiger partial charge is 0.160 e. The minimum atomic E-state index is -0.607. The van der Waals surface area contributed by atoms with Crippen molar-refractivity contribution >= 4 is 34.7 Å². The fourth-order valence-corrected chi connectivity index (χ4v) is 2.33. The number of nitrogens with two attached hydrogens (primary N) is 1. The average molecular weight is 336 g/mol. The van der Waals surface area contributed by atoms with Gasteiger partial charge in [0.2, 0.25) is 0 Å². The van der Waals surface area contributed by atoms with E-state index in [2.05, 4.69) is 10.5 Å². The van der Waals surface area contributed by atoms with E-state index < -0.39 is 5.82 Å². The minimum absolute atomic E-state index is 0.00179. The van der Waals surface area contributed by atoms with Crippen LogP contribution in [-0.4, -0.2) is 17.6 Å². The predicted octanol–water partition coefficient (Wildman–Crippen LogP) is 4.49. The largest absolute Gasteiger partial charge is 0.409 e. The second kappa shape index (κ2) is 7.71. The lowest BCUT2D eigenvalue weighted by molar-refractivity contribution is 0.304. The summed E-state index contributed by atoms with van der Waals surface area (Å²) in [6.07, 6.45) is 2.59. The average Bonchev–Trinajstić information content (AvgIpc) is 2.43. The molecule has 0 saturated heterocycles. The van der Waals surface area contributed by atoms with Gasteiger partial charge in [-0.05, 0) is 25.0 Å². The zero-order chi connectivity index (χ0) is 16.0. The first kappa shape index (κ1) is 17.9. The third kappa shape index (κ3) is 5.25. The molecular formula is C14H20Cl2FN3O. The highest BCUT2D eigenvalue weighted by atomic mass is 35.5. The fraction of sp³-hybridized carbons (Fsp3) is 0.500. The molecule has 0 radical (unpaired) electrons. The number of hydrogen-bond donors (Lipinski definition) is 3. The van der Waals surface area contributed by atoms with Crippen LogP contribution >= 0.6 is 23.2 Å². The van der Waals surface area contributed by atoms with Gasteiger partial charge in [-0.2, -0.15) is 0 Å². The molecule has 7 heteroatoms. The SMILES string of the molecule is CC(C)(CCCCNc1cc(Cl)c(F)c(Cl)c1)/C(N)=N/O. The Morgan fingerprint density at radius 1 is 1.33 bits per heavy atom. The molecule has 0 bridgehead atoms. The van der Waals surface area contributed by atoms with Crippen LogP contribution in [-0.2, 0) is 0 Å². The van der Waals surface area contributed by atoms with Crippen molar-refractivity contribution in [1.29, 1.82) is 0 Å². The van der Waals surface area contributed by atoms with E-state index in [1.165, 1.54) is 12.1 Å². The van der Waals surface area contributed by atoms with Gasteiger partial charge in [-0.25, -0.2) is 4.39 Å². The molecule has 0 aliphatic rings. The molecule has 118 valence electrons. The van der Waals surface area contributed by atoms with E-state index in [4.69, 9.17) is 34.1 Å². The molecule has 0 unspecified atom stereocenters. The summed E-state index contributed by atoms with van der Waals surface area (Å²) in [6, 6.07) is 3.01. The summed E-state index contributed by atoms with van der Waals surface area (Å²) in [6.45, 7) is 4.55. The zero-order valence-corrected chi connectivity index (χ0v) is 13.6. The van der Waals surface area contributed by atoms with Crippen LogP contribution in [0.15, 0.2) is 17.3 Å². The predicted molar refractivity (Wildman–Crippen MR) is 86.0 cm³/mol. The topological polar surface area (TPSA) is 70.6 Å². The van der Waals surface area contributed by atoms with Gasteiger partial charge in [0, 0.05) is 17.6 Å². The summed E-state index contributed by atoms with van der Waals surface area (Å²) < 4.78 is 13.3. The fourth-order valence-electron chi connectivity index (χ4n) is 1.85. The molecule has 0 aliphatic heterocycles. The molecule has 1 aromatic carbocycles. The molecule has 0 heterocycles. The first-order valence-corrected chi connectivity index (χ1v) is 7.40. The molecule has 21 heavy (non-hydrogen) atoms. The van der Waals surface area contributed by atoms with Crippen molar-refractivity contribution in [1.82, 2.24) is 0 Å². The number of benzene rings is 1. The Balaban J connectivity index is 2.39. The van der Waals surface area contributed by atoms with Gasteiger partial charge in [0.05, 0.1) is 10.0 Å². The first-order valence-electron chi connectivity index (χ1n) is 6.64. The van der Waals surface area contributed by atoms with E-state index in [1.807, 2.05) is 13.8 Å². The third-order valence-corrected chi connectivity index (χ3v) is 3.89. The number of rotatable bonds is 7. The normalized spacial score (nSPS) is 12.5. The standard InChI is InChI=1S/C14H20Cl2FN3O/c1-14(2,13(18)20-21)5-3-4-6-19-9-7-10(15)12(17)11(16)8-9/h7-8,19,21H,3-6H2,1-2H3,(H2,18,20). The summed E-state index contributed by atoms with van der Waals surface area (Å²) in [5, 5.41) is 14.9. The van der Waals surface area contributed by atoms with Gasteiger partial charge in [0.25, 0.3) is 0 Å². The van der Waals surface area contributed by atoms with E-state index in [0.29, 0.717) is 12.2 Å². The molecule has 0 atom stereocenters. The van der Waals surface area contributed by atoms with Crippen molar-refractivity contribution in [2.45, 2.75) is 33.1 Å². The molecule has 1 rings (SSSR count). The van der Waals surface area contributed by atoms with Crippen molar-refractivity contribution in [2.75, 3.05) is 11.9 Å². The van der Waals surface area contributed by atoms with Gasteiger partial charge in [-0.1, -0.05) is 48.6 Å². The molecule has 4 N–H and O–H groups in total. The number of hydrogen-bond acceptors (Lipinski definition) is 3. The summed E-state index contributed by atoms with van der Waals surface area (Å²) in [4.78, 5) is 0.